The van der Waals surface area contributed by atoms with E-state index in [9.17, 15) is 25.5 Å². The summed E-state index contributed by atoms with van der Waals surface area (Å²) in [5.74, 6) is 0.190. The molecule has 7 nitrogen and oxygen atoms in total. The monoisotopic (exact) mass is 431 g/mol. The molecule has 2 aromatic carbocycles. The van der Waals surface area contributed by atoms with Crippen LogP contribution in [0.25, 0.3) is 10.9 Å². The summed E-state index contributed by atoms with van der Waals surface area (Å²) in [6.45, 7) is 3.48. The van der Waals surface area contributed by atoms with Crippen LogP contribution < -0.4 is 0 Å². The second-order valence-corrected chi connectivity index (χ2v) is 8.75. The van der Waals surface area contributed by atoms with Gasteiger partial charge in [-0.1, -0.05) is 23.9 Å². The number of aliphatic hydroxyl groups is 4. The molecule has 1 aliphatic rings. The van der Waals surface area contributed by atoms with Crippen LogP contribution in [0.5, 0.6) is 5.75 Å². The number of rotatable bonds is 4. The highest BCUT2D eigenvalue weighted by atomic mass is 32.2. The maximum atomic E-state index is 10.7. The maximum absolute atomic E-state index is 10.7. The van der Waals surface area contributed by atoms with Gasteiger partial charge in [0, 0.05) is 21.4 Å². The number of phenols is 1. The zero-order valence-corrected chi connectivity index (χ0v) is 17.5. The van der Waals surface area contributed by atoms with Crippen LogP contribution in [0.3, 0.4) is 0 Å². The SMILES string of the molecule is Cc1ccc(C)c2c1c(Sc1ccc(O)cc1)cn2[C@@H]1O[C@H](CO)[C@@H](O)[C@H](O)[C@H]1O. The van der Waals surface area contributed by atoms with E-state index >= 15 is 0 Å². The lowest BCUT2D eigenvalue weighted by Gasteiger charge is -2.40. The van der Waals surface area contributed by atoms with Crippen LogP contribution in [0.15, 0.2) is 52.4 Å². The van der Waals surface area contributed by atoms with Gasteiger partial charge in [0.1, 0.15) is 30.2 Å². The first-order valence-electron chi connectivity index (χ1n) is 9.70. The highest BCUT2D eigenvalue weighted by molar-refractivity contribution is 7.99. The van der Waals surface area contributed by atoms with E-state index in [1.807, 2.05) is 44.3 Å². The Morgan fingerprint density at radius 2 is 1.60 bits per heavy atom. The van der Waals surface area contributed by atoms with E-state index in [4.69, 9.17) is 4.74 Å². The Balaban J connectivity index is 1.84. The maximum Gasteiger partial charge on any atom is 0.163 e. The van der Waals surface area contributed by atoms with Gasteiger partial charge < -0.3 is 34.8 Å². The molecule has 3 aromatic rings. The number of ether oxygens (including phenoxy) is 1. The number of aromatic hydroxyl groups is 1. The van der Waals surface area contributed by atoms with Crippen molar-refractivity contribution < 1.29 is 30.3 Å². The van der Waals surface area contributed by atoms with Gasteiger partial charge in [-0.05, 0) is 49.2 Å². The predicted molar refractivity (Wildman–Crippen MR) is 113 cm³/mol. The predicted octanol–water partition coefficient (Wildman–Crippen LogP) is 2.09. The van der Waals surface area contributed by atoms with Crippen LogP contribution in [-0.2, 0) is 4.74 Å². The first kappa shape index (κ1) is 21.2. The van der Waals surface area contributed by atoms with Crippen molar-refractivity contribution >= 4 is 22.7 Å². The molecule has 4 rings (SSSR count). The summed E-state index contributed by atoms with van der Waals surface area (Å²) in [6, 6.07) is 10.9. The van der Waals surface area contributed by atoms with E-state index in [0.29, 0.717) is 0 Å². The minimum Gasteiger partial charge on any atom is -0.508 e. The molecule has 0 unspecified atom stereocenters. The van der Waals surface area contributed by atoms with Gasteiger partial charge in [0.15, 0.2) is 6.23 Å². The number of aromatic nitrogens is 1. The Hall–Kier alpha value is -2.07. The highest BCUT2D eigenvalue weighted by Gasteiger charge is 2.44. The molecule has 1 aliphatic heterocycles. The quantitative estimate of drug-likeness (QED) is 0.430. The molecule has 160 valence electrons. The van der Waals surface area contributed by atoms with Gasteiger partial charge in [0.2, 0.25) is 0 Å². The van der Waals surface area contributed by atoms with Crippen LogP contribution in [0.4, 0.5) is 0 Å². The van der Waals surface area contributed by atoms with Crippen molar-refractivity contribution in [2.45, 2.75) is 54.3 Å². The van der Waals surface area contributed by atoms with Gasteiger partial charge in [0.05, 0.1) is 12.1 Å². The normalized spacial score (nSPS) is 26.9. The Bertz CT molecular complexity index is 1050. The number of hydrogen-bond acceptors (Lipinski definition) is 7. The van der Waals surface area contributed by atoms with Crippen molar-refractivity contribution in [3.8, 4) is 5.75 Å². The number of aliphatic hydroxyl groups excluding tert-OH is 4. The lowest BCUT2D eigenvalue weighted by Crippen LogP contribution is -2.56. The molecule has 30 heavy (non-hydrogen) atoms. The number of aryl methyl sites for hydroxylation is 2. The first-order chi connectivity index (χ1) is 14.3. The third-order valence-corrected chi connectivity index (χ3v) is 6.59. The molecule has 0 saturated carbocycles. The van der Waals surface area contributed by atoms with Crippen molar-refractivity contribution in [2.24, 2.45) is 0 Å². The molecule has 5 atom stereocenters. The summed E-state index contributed by atoms with van der Waals surface area (Å²) in [7, 11) is 0. The van der Waals surface area contributed by atoms with Gasteiger partial charge in [-0.2, -0.15) is 0 Å². The second-order valence-electron chi connectivity index (χ2n) is 7.64. The fourth-order valence-corrected chi connectivity index (χ4v) is 4.98. The third kappa shape index (κ3) is 3.60. The molecule has 5 N–H and O–H groups in total. The van der Waals surface area contributed by atoms with Gasteiger partial charge in [0.25, 0.3) is 0 Å². The average molecular weight is 432 g/mol. The number of benzene rings is 2. The summed E-state index contributed by atoms with van der Waals surface area (Å²) in [6.07, 6.45) is -4.32. The molecule has 8 heteroatoms. The zero-order valence-electron chi connectivity index (χ0n) is 16.6. The molecule has 1 fully saturated rings. The van der Waals surface area contributed by atoms with E-state index < -0.39 is 37.3 Å². The zero-order chi connectivity index (χ0) is 21.6. The van der Waals surface area contributed by atoms with E-state index in [2.05, 4.69) is 0 Å². The van der Waals surface area contributed by atoms with E-state index in [0.717, 1.165) is 31.8 Å². The molecule has 0 aliphatic carbocycles. The summed E-state index contributed by atoms with van der Waals surface area (Å²) in [5, 5.41) is 51.1. The fourth-order valence-electron chi connectivity index (χ4n) is 3.93. The molecule has 2 heterocycles. The van der Waals surface area contributed by atoms with Crippen LogP contribution in [0.1, 0.15) is 17.4 Å². The van der Waals surface area contributed by atoms with Gasteiger partial charge in [-0.15, -0.1) is 0 Å². The molecular formula is C22H25NO6S. The first-order valence-corrected chi connectivity index (χ1v) is 10.5. The van der Waals surface area contributed by atoms with E-state index in [1.165, 1.54) is 11.8 Å². The molecule has 1 saturated heterocycles. The van der Waals surface area contributed by atoms with Gasteiger partial charge in [-0.25, -0.2) is 0 Å². The third-order valence-electron chi connectivity index (χ3n) is 5.55. The largest absolute Gasteiger partial charge is 0.508 e. The summed E-state index contributed by atoms with van der Waals surface area (Å²) < 4.78 is 7.58. The number of phenolic OH excluding ortho intramolecular Hbond substituents is 1. The molecule has 0 radical (unpaired) electrons. The van der Waals surface area contributed by atoms with E-state index in [1.54, 1.807) is 16.7 Å². The van der Waals surface area contributed by atoms with Crippen molar-refractivity contribution in [1.82, 2.24) is 4.57 Å². The fraction of sp³-hybridized carbons (Fsp3) is 0.364. The minimum absolute atomic E-state index is 0.190. The van der Waals surface area contributed by atoms with Crippen molar-refractivity contribution in [3.63, 3.8) is 0 Å². The van der Waals surface area contributed by atoms with Crippen LogP contribution >= 0.6 is 11.8 Å². The standard InChI is InChI=1S/C22H25NO6S/c1-11-3-4-12(2)18-17(11)16(30-14-7-5-13(25)6-8-14)9-23(18)22-21(28)20(27)19(26)15(10-24)29-22/h3-9,15,19-22,24-28H,10H2,1-2H3/t15-,19-,20+,21-,22-/m1/s1. The lowest BCUT2D eigenvalue weighted by molar-refractivity contribution is -0.250. The molecule has 0 spiro atoms. The molecule has 0 bridgehead atoms. The van der Waals surface area contributed by atoms with Crippen LogP contribution in [-0.4, -0.2) is 61.1 Å². The Morgan fingerprint density at radius 3 is 2.27 bits per heavy atom. The lowest BCUT2D eigenvalue weighted by atomic mass is 9.98. The smallest absolute Gasteiger partial charge is 0.163 e. The van der Waals surface area contributed by atoms with E-state index in [-0.39, 0.29) is 5.75 Å². The van der Waals surface area contributed by atoms with Crippen molar-refractivity contribution in [3.05, 3.63) is 53.7 Å². The average Bonchev–Trinajstić information content (AvgIpc) is 3.11. The van der Waals surface area contributed by atoms with Gasteiger partial charge >= 0.3 is 0 Å². The van der Waals surface area contributed by atoms with Crippen molar-refractivity contribution in [1.29, 1.82) is 0 Å². The number of fused-ring (bicyclic) bond motifs is 1. The number of nitrogens with zero attached hydrogens (tertiary/aromatic N) is 1. The summed E-state index contributed by atoms with van der Waals surface area (Å²) >= 11 is 1.51. The summed E-state index contributed by atoms with van der Waals surface area (Å²) in [5.41, 5.74) is 2.85. The minimum atomic E-state index is -1.45. The van der Waals surface area contributed by atoms with Crippen molar-refractivity contribution in [2.75, 3.05) is 6.61 Å². The number of hydrogen-bond donors (Lipinski definition) is 5. The molecule has 0 amide bonds. The Morgan fingerprint density at radius 1 is 0.933 bits per heavy atom. The van der Waals surface area contributed by atoms with Gasteiger partial charge in [-0.3, -0.25) is 0 Å². The second kappa shape index (κ2) is 8.22. The molecular weight excluding hydrogens is 406 g/mol. The highest BCUT2D eigenvalue weighted by Crippen LogP contribution is 2.41. The van der Waals surface area contributed by atoms with Crippen LogP contribution in [0.2, 0.25) is 0 Å². The Labute approximate surface area is 178 Å². The summed E-state index contributed by atoms with van der Waals surface area (Å²) in [4.78, 5) is 1.86. The van der Waals surface area contributed by atoms with Crippen LogP contribution in [0, 0.1) is 13.8 Å². The topological polar surface area (TPSA) is 115 Å². The Kier molecular flexibility index (Phi) is 5.80. The molecule has 1 aromatic heterocycles.